The number of nitrogens with one attached hydrogen (secondary N) is 1. The molecular formula is C23H28N6O4S. The van der Waals surface area contributed by atoms with E-state index in [0.29, 0.717) is 48.0 Å². The molecule has 10 nitrogen and oxygen atoms in total. The molecule has 0 spiro atoms. The molecule has 3 heterocycles. The smallest absolute Gasteiger partial charge is 0.270 e. The van der Waals surface area contributed by atoms with Gasteiger partial charge >= 0.3 is 0 Å². The Morgan fingerprint density at radius 2 is 1.94 bits per heavy atom. The number of rotatable bonds is 8. The number of carbonyl (C=O) groups is 1. The second-order valence-corrected chi connectivity index (χ2v) is 11.0. The minimum absolute atomic E-state index is 0.257. The number of amides is 1. The van der Waals surface area contributed by atoms with Crippen LogP contribution in [0.25, 0.3) is 16.9 Å². The number of carbonyl (C=O) groups excluding carboxylic acids is 1. The lowest BCUT2D eigenvalue weighted by Crippen LogP contribution is -2.36. The highest BCUT2D eigenvalue weighted by Crippen LogP contribution is 2.46. The molecule has 34 heavy (non-hydrogen) atoms. The summed E-state index contributed by atoms with van der Waals surface area (Å²) in [4.78, 5) is 21.6. The van der Waals surface area contributed by atoms with Crippen LogP contribution in [0.1, 0.15) is 46.8 Å². The zero-order valence-corrected chi connectivity index (χ0v) is 20.3. The van der Waals surface area contributed by atoms with Crippen LogP contribution in [-0.4, -0.2) is 67.1 Å². The summed E-state index contributed by atoms with van der Waals surface area (Å²) in [7, 11) is -1.96. The maximum Gasteiger partial charge on any atom is 0.270 e. The first kappa shape index (κ1) is 22.7. The summed E-state index contributed by atoms with van der Waals surface area (Å²) < 4.78 is 33.9. The number of ether oxygens (including phenoxy) is 1. The van der Waals surface area contributed by atoms with Gasteiger partial charge in [0.1, 0.15) is 5.69 Å². The summed E-state index contributed by atoms with van der Waals surface area (Å²) in [6.07, 6.45) is 7.26. The van der Waals surface area contributed by atoms with Crippen LogP contribution in [0.5, 0.6) is 0 Å². The standard InChI is InChI=1S/C23H28N6O4S/c1-14-10-25-23(26-11-14)29-21(22(30)24-2)18-8-17(16-4-5-16)20(9-19(18)27-29)28(34(3,31)32)7-6-15-12-33-13-15/h8-11,15-16H,4-7,12-13H2,1-3H3,(H,24,30). The number of sulfonamides is 1. The summed E-state index contributed by atoms with van der Waals surface area (Å²) in [5.74, 6) is 0.591. The maximum atomic E-state index is 12.9. The molecule has 11 heteroatoms. The van der Waals surface area contributed by atoms with E-state index in [0.717, 1.165) is 30.4 Å². The molecular weight excluding hydrogens is 456 g/mol. The molecule has 0 atom stereocenters. The molecule has 5 rings (SSSR count). The Balaban J connectivity index is 1.68. The summed E-state index contributed by atoms with van der Waals surface area (Å²) in [5, 5.41) is 7.97. The normalized spacial score (nSPS) is 16.4. The predicted molar refractivity (Wildman–Crippen MR) is 128 cm³/mol. The highest BCUT2D eigenvalue weighted by atomic mass is 32.2. The summed E-state index contributed by atoms with van der Waals surface area (Å²) in [5.41, 5.74) is 3.30. The van der Waals surface area contributed by atoms with E-state index in [1.165, 1.54) is 15.2 Å². The van der Waals surface area contributed by atoms with Crippen LogP contribution in [0.4, 0.5) is 5.69 Å². The molecule has 180 valence electrons. The highest BCUT2D eigenvalue weighted by molar-refractivity contribution is 7.92. The van der Waals surface area contributed by atoms with Gasteiger partial charge in [-0.15, -0.1) is 0 Å². The number of nitrogens with zero attached hydrogens (tertiary/aromatic N) is 5. The van der Waals surface area contributed by atoms with E-state index in [-0.39, 0.29) is 17.8 Å². The Bertz CT molecular complexity index is 1340. The van der Waals surface area contributed by atoms with Gasteiger partial charge < -0.3 is 10.1 Å². The van der Waals surface area contributed by atoms with E-state index in [9.17, 15) is 13.2 Å². The number of fused-ring (bicyclic) bond motifs is 1. The van der Waals surface area contributed by atoms with Crippen molar-refractivity contribution < 1.29 is 17.9 Å². The topological polar surface area (TPSA) is 119 Å². The van der Waals surface area contributed by atoms with Crippen molar-refractivity contribution in [3.8, 4) is 5.95 Å². The molecule has 1 N–H and O–H groups in total. The lowest BCUT2D eigenvalue weighted by Gasteiger charge is -2.30. The Morgan fingerprint density at radius 3 is 2.50 bits per heavy atom. The van der Waals surface area contributed by atoms with Crippen molar-refractivity contribution in [3.05, 3.63) is 41.3 Å². The molecule has 1 saturated carbocycles. The van der Waals surface area contributed by atoms with Gasteiger partial charge in [-0.2, -0.15) is 9.78 Å². The SMILES string of the molecule is CNC(=O)c1c2cc(C3CC3)c(N(CCC3COC3)S(C)(=O)=O)cc2nn1-c1ncc(C)cn1. The molecule has 0 bridgehead atoms. The van der Waals surface area contributed by atoms with Crippen LogP contribution in [0.2, 0.25) is 0 Å². The zero-order chi connectivity index (χ0) is 24.0. The minimum atomic E-state index is -3.52. The Kier molecular flexibility index (Phi) is 5.76. The average Bonchev–Trinajstić information content (AvgIpc) is 3.54. The van der Waals surface area contributed by atoms with Gasteiger partial charge in [-0.1, -0.05) is 0 Å². The second kappa shape index (κ2) is 8.62. The van der Waals surface area contributed by atoms with E-state index >= 15 is 0 Å². The van der Waals surface area contributed by atoms with Crippen LogP contribution < -0.4 is 9.62 Å². The summed E-state index contributed by atoms with van der Waals surface area (Å²) >= 11 is 0. The summed E-state index contributed by atoms with van der Waals surface area (Å²) in [6.45, 7) is 3.60. The number of anilines is 1. The number of aromatic nitrogens is 4. The third-order valence-corrected chi connectivity index (χ3v) is 7.53. The molecule has 1 amide bonds. The van der Waals surface area contributed by atoms with Gasteiger partial charge in [0.05, 0.1) is 30.7 Å². The fourth-order valence-electron chi connectivity index (χ4n) is 4.27. The number of benzene rings is 1. The van der Waals surface area contributed by atoms with Crippen molar-refractivity contribution in [3.63, 3.8) is 0 Å². The van der Waals surface area contributed by atoms with Gasteiger partial charge in [-0.05, 0) is 55.4 Å². The molecule has 1 saturated heterocycles. The first-order chi connectivity index (χ1) is 16.3. The fourth-order valence-corrected chi connectivity index (χ4v) is 5.22. The van der Waals surface area contributed by atoms with Crippen LogP contribution in [0.15, 0.2) is 24.5 Å². The van der Waals surface area contributed by atoms with Crippen molar-refractivity contribution in [2.75, 3.05) is 37.4 Å². The van der Waals surface area contributed by atoms with Crippen LogP contribution >= 0.6 is 0 Å². The third kappa shape index (κ3) is 4.25. The van der Waals surface area contributed by atoms with E-state index in [1.807, 2.05) is 13.0 Å². The minimum Gasteiger partial charge on any atom is -0.381 e. The molecule has 2 fully saturated rings. The van der Waals surface area contributed by atoms with Crippen molar-refractivity contribution in [1.29, 1.82) is 0 Å². The van der Waals surface area contributed by atoms with Crippen LogP contribution in [0, 0.1) is 12.8 Å². The van der Waals surface area contributed by atoms with Crippen LogP contribution in [-0.2, 0) is 14.8 Å². The van der Waals surface area contributed by atoms with Gasteiger partial charge in [-0.3, -0.25) is 9.10 Å². The molecule has 2 aliphatic rings. The number of aryl methyl sites for hydroxylation is 1. The third-order valence-electron chi connectivity index (χ3n) is 6.35. The van der Waals surface area contributed by atoms with Gasteiger partial charge in [0.15, 0.2) is 0 Å². The fraction of sp³-hybridized carbons (Fsp3) is 0.478. The lowest BCUT2D eigenvalue weighted by molar-refractivity contribution is -0.0340. The van der Waals surface area contributed by atoms with E-state index < -0.39 is 10.0 Å². The Hall–Kier alpha value is -3.05. The van der Waals surface area contributed by atoms with Crippen molar-refractivity contribution >= 4 is 32.5 Å². The molecule has 2 aromatic heterocycles. The van der Waals surface area contributed by atoms with Gasteiger partial charge in [0.2, 0.25) is 10.0 Å². The number of hydrogen-bond acceptors (Lipinski definition) is 7. The Morgan fingerprint density at radius 1 is 1.24 bits per heavy atom. The first-order valence-corrected chi connectivity index (χ1v) is 13.2. The van der Waals surface area contributed by atoms with Crippen molar-refractivity contribution in [2.24, 2.45) is 5.92 Å². The van der Waals surface area contributed by atoms with Crippen molar-refractivity contribution in [2.45, 2.75) is 32.1 Å². The van der Waals surface area contributed by atoms with Crippen molar-refractivity contribution in [1.82, 2.24) is 25.1 Å². The quantitative estimate of drug-likeness (QED) is 0.520. The lowest BCUT2D eigenvalue weighted by atomic mass is 10.0. The van der Waals surface area contributed by atoms with Gasteiger partial charge in [-0.25, -0.2) is 18.4 Å². The Labute approximate surface area is 198 Å². The van der Waals surface area contributed by atoms with Gasteiger partial charge in [0.25, 0.3) is 11.9 Å². The molecule has 1 aliphatic heterocycles. The highest BCUT2D eigenvalue weighted by Gasteiger charge is 2.33. The number of hydrogen-bond donors (Lipinski definition) is 1. The average molecular weight is 485 g/mol. The zero-order valence-electron chi connectivity index (χ0n) is 19.5. The molecule has 3 aromatic rings. The van der Waals surface area contributed by atoms with E-state index in [4.69, 9.17) is 4.74 Å². The van der Waals surface area contributed by atoms with Gasteiger partial charge in [0, 0.05) is 37.3 Å². The molecule has 1 aromatic carbocycles. The first-order valence-electron chi connectivity index (χ1n) is 11.4. The largest absolute Gasteiger partial charge is 0.381 e. The predicted octanol–water partition coefficient (Wildman–Crippen LogP) is 2.16. The molecule has 0 radical (unpaired) electrons. The van der Waals surface area contributed by atoms with Crippen LogP contribution in [0.3, 0.4) is 0 Å². The molecule has 1 aliphatic carbocycles. The monoisotopic (exact) mass is 484 g/mol. The summed E-state index contributed by atoms with van der Waals surface area (Å²) in [6, 6.07) is 3.72. The molecule has 0 unspecified atom stereocenters. The second-order valence-electron chi connectivity index (χ2n) is 9.13. The maximum absolute atomic E-state index is 12.9. The van der Waals surface area contributed by atoms with E-state index in [1.54, 1.807) is 25.5 Å². The van der Waals surface area contributed by atoms with E-state index in [2.05, 4.69) is 20.4 Å².